The fourth-order valence-corrected chi connectivity index (χ4v) is 3.44. The van der Waals surface area contributed by atoms with Gasteiger partial charge < -0.3 is 15.7 Å². The number of rotatable bonds is 3. The summed E-state index contributed by atoms with van der Waals surface area (Å²) in [6.45, 7) is 2.27. The van der Waals surface area contributed by atoms with Crippen LogP contribution < -0.4 is 10.6 Å². The van der Waals surface area contributed by atoms with E-state index >= 15 is 0 Å². The minimum atomic E-state index is -0.417. The topological polar surface area (TPSA) is 61.4 Å². The van der Waals surface area contributed by atoms with Crippen LogP contribution in [-0.4, -0.2) is 29.2 Å². The first-order chi connectivity index (χ1) is 10.1. The molecule has 0 spiro atoms. The standard InChI is InChI=1S/C17H24N2O2/c1-12-6-8-17(11-20,9-7-12)19-16(21)15-10-13-4-2-3-5-14(13)18-15/h2-5,12,15,18,20H,6-11H2,1H3,(H,19,21). The van der Waals surface area contributed by atoms with Crippen molar-refractivity contribution < 1.29 is 9.90 Å². The van der Waals surface area contributed by atoms with Gasteiger partial charge in [-0.1, -0.05) is 25.1 Å². The minimum Gasteiger partial charge on any atom is -0.394 e. The number of carbonyl (C=O) groups is 1. The second kappa shape index (κ2) is 5.68. The van der Waals surface area contributed by atoms with E-state index in [0.717, 1.165) is 37.8 Å². The van der Waals surface area contributed by atoms with Gasteiger partial charge in [-0.2, -0.15) is 0 Å². The summed E-state index contributed by atoms with van der Waals surface area (Å²) in [6.07, 6.45) is 4.60. The summed E-state index contributed by atoms with van der Waals surface area (Å²) in [7, 11) is 0. The molecule has 114 valence electrons. The van der Waals surface area contributed by atoms with E-state index in [1.54, 1.807) is 0 Å². The Labute approximate surface area is 125 Å². The fourth-order valence-electron chi connectivity index (χ4n) is 3.44. The molecule has 1 unspecified atom stereocenters. The zero-order valence-electron chi connectivity index (χ0n) is 12.6. The highest BCUT2D eigenvalue weighted by molar-refractivity contribution is 5.88. The predicted octanol–water partition coefficient (Wildman–Crippen LogP) is 2.08. The van der Waals surface area contributed by atoms with Crippen molar-refractivity contribution in [1.82, 2.24) is 5.32 Å². The molecule has 0 bridgehead atoms. The Morgan fingerprint density at radius 2 is 2.10 bits per heavy atom. The van der Waals surface area contributed by atoms with Crippen LogP contribution in [0.5, 0.6) is 0 Å². The molecule has 3 rings (SSSR count). The molecule has 3 N–H and O–H groups in total. The van der Waals surface area contributed by atoms with E-state index in [2.05, 4.69) is 23.6 Å². The van der Waals surface area contributed by atoms with E-state index in [9.17, 15) is 9.90 Å². The van der Waals surface area contributed by atoms with Gasteiger partial charge in [0.1, 0.15) is 6.04 Å². The number of hydrogen-bond donors (Lipinski definition) is 3. The molecule has 1 aromatic rings. The maximum Gasteiger partial charge on any atom is 0.243 e. The van der Waals surface area contributed by atoms with E-state index in [1.165, 1.54) is 5.56 Å². The molecule has 1 amide bonds. The van der Waals surface area contributed by atoms with Crippen molar-refractivity contribution in [3.8, 4) is 0 Å². The Hall–Kier alpha value is -1.55. The first-order valence-corrected chi connectivity index (χ1v) is 7.89. The number of aliphatic hydroxyl groups is 1. The van der Waals surface area contributed by atoms with E-state index in [-0.39, 0.29) is 18.6 Å². The van der Waals surface area contributed by atoms with Gasteiger partial charge in [-0.3, -0.25) is 4.79 Å². The molecular formula is C17H24N2O2. The molecule has 1 saturated carbocycles. The SMILES string of the molecule is CC1CCC(CO)(NC(=O)C2Cc3ccccc3N2)CC1. The number of anilines is 1. The molecular weight excluding hydrogens is 264 g/mol. The Bertz CT molecular complexity index is 496. The summed E-state index contributed by atoms with van der Waals surface area (Å²) in [5.74, 6) is 0.699. The van der Waals surface area contributed by atoms with Gasteiger partial charge >= 0.3 is 0 Å². The van der Waals surface area contributed by atoms with Crippen LogP contribution in [0.3, 0.4) is 0 Å². The third-order valence-electron chi connectivity index (χ3n) is 5.01. The average Bonchev–Trinajstić information content (AvgIpc) is 2.94. The maximum atomic E-state index is 12.5. The van der Waals surface area contributed by atoms with Gasteiger partial charge in [0.25, 0.3) is 0 Å². The second-order valence-corrected chi connectivity index (χ2v) is 6.67. The lowest BCUT2D eigenvalue weighted by molar-refractivity contribution is -0.125. The minimum absolute atomic E-state index is 0.00908. The Morgan fingerprint density at radius 1 is 1.38 bits per heavy atom. The molecule has 1 fully saturated rings. The van der Waals surface area contributed by atoms with Gasteiger partial charge in [0.15, 0.2) is 0 Å². The molecule has 2 aliphatic rings. The van der Waals surface area contributed by atoms with E-state index < -0.39 is 5.54 Å². The van der Waals surface area contributed by atoms with Crippen LogP contribution in [0, 0.1) is 5.92 Å². The largest absolute Gasteiger partial charge is 0.394 e. The number of nitrogens with one attached hydrogen (secondary N) is 2. The van der Waals surface area contributed by atoms with E-state index in [4.69, 9.17) is 0 Å². The molecule has 0 saturated heterocycles. The van der Waals surface area contributed by atoms with Crippen LogP contribution in [-0.2, 0) is 11.2 Å². The fraction of sp³-hybridized carbons (Fsp3) is 0.588. The molecule has 4 heteroatoms. The van der Waals surface area contributed by atoms with Gasteiger partial charge in [-0.05, 0) is 43.2 Å². The predicted molar refractivity (Wildman–Crippen MR) is 83.1 cm³/mol. The number of fused-ring (bicyclic) bond motifs is 1. The Balaban J connectivity index is 1.64. The van der Waals surface area contributed by atoms with E-state index in [0.29, 0.717) is 5.92 Å². The van der Waals surface area contributed by atoms with Crippen molar-refractivity contribution in [1.29, 1.82) is 0 Å². The molecule has 4 nitrogen and oxygen atoms in total. The Kier molecular flexibility index (Phi) is 3.89. The summed E-state index contributed by atoms with van der Waals surface area (Å²) in [6, 6.07) is 7.82. The van der Waals surface area contributed by atoms with Crippen molar-refractivity contribution in [3.05, 3.63) is 29.8 Å². The molecule has 1 atom stereocenters. The van der Waals surface area contributed by atoms with Gasteiger partial charge in [0, 0.05) is 12.1 Å². The van der Waals surface area contributed by atoms with Crippen LogP contribution in [0.15, 0.2) is 24.3 Å². The lowest BCUT2D eigenvalue weighted by Crippen LogP contribution is -2.56. The quantitative estimate of drug-likeness (QED) is 0.798. The molecule has 1 aromatic carbocycles. The number of aliphatic hydroxyl groups excluding tert-OH is 1. The highest BCUT2D eigenvalue weighted by Gasteiger charge is 2.37. The zero-order valence-corrected chi connectivity index (χ0v) is 12.6. The van der Waals surface area contributed by atoms with Crippen molar-refractivity contribution in [3.63, 3.8) is 0 Å². The Morgan fingerprint density at radius 3 is 2.76 bits per heavy atom. The van der Waals surface area contributed by atoms with Crippen LogP contribution in [0.25, 0.3) is 0 Å². The molecule has 0 radical (unpaired) electrons. The van der Waals surface area contributed by atoms with E-state index in [1.807, 2.05) is 18.2 Å². The molecule has 0 aromatic heterocycles. The summed E-state index contributed by atoms with van der Waals surface area (Å²) >= 11 is 0. The summed E-state index contributed by atoms with van der Waals surface area (Å²) in [4.78, 5) is 12.5. The summed E-state index contributed by atoms with van der Waals surface area (Å²) < 4.78 is 0. The number of hydrogen-bond acceptors (Lipinski definition) is 3. The highest BCUT2D eigenvalue weighted by atomic mass is 16.3. The average molecular weight is 288 g/mol. The second-order valence-electron chi connectivity index (χ2n) is 6.67. The zero-order chi connectivity index (χ0) is 14.9. The van der Waals surface area contributed by atoms with Gasteiger partial charge in [-0.15, -0.1) is 0 Å². The van der Waals surface area contributed by atoms with Gasteiger partial charge in [0.05, 0.1) is 12.1 Å². The molecule has 1 heterocycles. The number of carbonyl (C=O) groups excluding carboxylic acids is 1. The molecule has 21 heavy (non-hydrogen) atoms. The first-order valence-electron chi connectivity index (χ1n) is 7.89. The molecule has 1 aliphatic carbocycles. The van der Waals surface area contributed by atoms with Crippen molar-refractivity contribution in [2.24, 2.45) is 5.92 Å². The smallest absolute Gasteiger partial charge is 0.243 e. The first kappa shape index (κ1) is 14.4. The maximum absolute atomic E-state index is 12.5. The lowest BCUT2D eigenvalue weighted by atomic mass is 9.77. The van der Waals surface area contributed by atoms with Crippen LogP contribution in [0.2, 0.25) is 0 Å². The molecule has 1 aliphatic heterocycles. The lowest BCUT2D eigenvalue weighted by Gasteiger charge is -2.39. The van der Waals surface area contributed by atoms with Crippen LogP contribution in [0.1, 0.15) is 38.2 Å². The summed E-state index contributed by atoms with van der Waals surface area (Å²) in [5.41, 5.74) is 1.82. The summed E-state index contributed by atoms with van der Waals surface area (Å²) in [5, 5.41) is 16.2. The monoisotopic (exact) mass is 288 g/mol. The third kappa shape index (κ3) is 2.91. The number of para-hydroxylation sites is 1. The highest BCUT2D eigenvalue weighted by Crippen LogP contribution is 2.32. The van der Waals surface area contributed by atoms with Crippen LogP contribution >= 0.6 is 0 Å². The number of benzene rings is 1. The van der Waals surface area contributed by atoms with Crippen molar-refractivity contribution in [2.45, 2.75) is 50.6 Å². The third-order valence-corrected chi connectivity index (χ3v) is 5.01. The van der Waals surface area contributed by atoms with Crippen molar-refractivity contribution in [2.75, 3.05) is 11.9 Å². The van der Waals surface area contributed by atoms with Crippen molar-refractivity contribution >= 4 is 11.6 Å². The van der Waals surface area contributed by atoms with Crippen LogP contribution in [0.4, 0.5) is 5.69 Å². The van der Waals surface area contributed by atoms with Gasteiger partial charge in [0.2, 0.25) is 5.91 Å². The normalized spacial score (nSPS) is 31.3. The van der Waals surface area contributed by atoms with Gasteiger partial charge in [-0.25, -0.2) is 0 Å². The number of amides is 1.